The van der Waals surface area contributed by atoms with Gasteiger partial charge in [-0.3, -0.25) is 19.1 Å². The summed E-state index contributed by atoms with van der Waals surface area (Å²) in [7, 11) is -2.44. The number of nitrogens with one attached hydrogen (secondary N) is 3. The van der Waals surface area contributed by atoms with Crippen molar-refractivity contribution < 1.29 is 42.2 Å². The third-order valence-corrected chi connectivity index (χ3v) is 13.3. The molecule has 3 fully saturated rings. The van der Waals surface area contributed by atoms with Gasteiger partial charge in [-0.2, -0.15) is 0 Å². The molecule has 6 rings (SSSR count). The number of amides is 4. The number of fused-ring (bicyclic) bond motifs is 3. The molecule has 0 bridgehead atoms. The second-order valence-corrected chi connectivity index (χ2v) is 16.9. The van der Waals surface area contributed by atoms with Gasteiger partial charge in [0.1, 0.15) is 29.5 Å². The average Bonchev–Trinajstić information content (AvgIpc) is 3.97. The Morgan fingerprint density at radius 2 is 1.92 bits per heavy atom. The zero-order chi connectivity index (χ0) is 36.7. The first-order chi connectivity index (χ1) is 24.2. The second kappa shape index (κ2) is 14.0. The number of rotatable bonds is 8. The van der Waals surface area contributed by atoms with E-state index in [1.165, 1.54) is 4.90 Å². The molecule has 2 aromatic rings. The number of methoxy groups -OCH3 is 1. The van der Waals surface area contributed by atoms with Crippen LogP contribution in [0.4, 0.5) is 4.79 Å². The van der Waals surface area contributed by atoms with Crippen molar-refractivity contribution in [1.82, 2.24) is 25.2 Å². The van der Waals surface area contributed by atoms with E-state index in [1.807, 2.05) is 31.2 Å². The Balaban J connectivity index is 1.35. The molecule has 1 aromatic heterocycles. The summed E-state index contributed by atoms with van der Waals surface area (Å²) in [6.45, 7) is 5.48. The van der Waals surface area contributed by atoms with E-state index in [0.717, 1.165) is 11.8 Å². The number of nitrogens with zero attached hydrogens (tertiary/aromatic N) is 2. The normalized spacial score (nSPS) is 31.2. The first-order valence-corrected chi connectivity index (χ1v) is 19.1. The highest BCUT2D eigenvalue weighted by Gasteiger charge is 2.63. The van der Waals surface area contributed by atoms with Crippen LogP contribution >= 0.6 is 0 Å². The van der Waals surface area contributed by atoms with Crippen LogP contribution in [-0.4, -0.2) is 89.4 Å². The van der Waals surface area contributed by atoms with Crippen LogP contribution in [0.15, 0.2) is 42.6 Å². The van der Waals surface area contributed by atoms with E-state index >= 15 is 0 Å². The van der Waals surface area contributed by atoms with Crippen molar-refractivity contribution in [3.05, 3.63) is 42.6 Å². The number of ether oxygens (including phenoxy) is 2. The van der Waals surface area contributed by atoms with Crippen molar-refractivity contribution in [1.29, 1.82) is 0 Å². The number of pyridine rings is 1. The number of carboxylic acid groups (broad SMARTS) is 1. The van der Waals surface area contributed by atoms with Crippen LogP contribution in [-0.2, 0) is 24.4 Å². The maximum atomic E-state index is 14.5. The Labute approximate surface area is 297 Å². The molecule has 276 valence electrons. The van der Waals surface area contributed by atoms with Crippen molar-refractivity contribution >= 4 is 44.6 Å². The first-order valence-electron chi connectivity index (χ1n) is 17.7. The second-order valence-electron chi connectivity index (χ2n) is 14.8. The van der Waals surface area contributed by atoms with Crippen molar-refractivity contribution in [2.24, 2.45) is 17.8 Å². The maximum absolute atomic E-state index is 14.5. The van der Waals surface area contributed by atoms with Gasteiger partial charge in [0.2, 0.25) is 27.7 Å². The van der Waals surface area contributed by atoms with Crippen LogP contribution < -0.4 is 24.8 Å². The predicted molar refractivity (Wildman–Crippen MR) is 187 cm³/mol. The van der Waals surface area contributed by atoms with Gasteiger partial charge in [0, 0.05) is 29.3 Å². The lowest BCUT2D eigenvalue weighted by molar-refractivity contribution is -0.142. The molecule has 3 heterocycles. The lowest BCUT2D eigenvalue weighted by Gasteiger charge is -2.33. The Bertz CT molecular complexity index is 1850. The fourth-order valence-corrected chi connectivity index (χ4v) is 8.84. The van der Waals surface area contributed by atoms with Gasteiger partial charge in [0.25, 0.3) is 5.91 Å². The lowest BCUT2D eigenvalue weighted by atomic mass is 9.85. The summed E-state index contributed by atoms with van der Waals surface area (Å²) in [5, 5.41) is 16.6. The molecule has 2 aliphatic heterocycles. The zero-order valence-corrected chi connectivity index (χ0v) is 30.2. The molecule has 4 aliphatic rings. The maximum Gasteiger partial charge on any atom is 0.405 e. The molecule has 2 aliphatic carbocycles. The SMILES string of the molecule is CC[C@@H]1C[C@H](C)CC/C=C\C2CC2(C(=O)NS(=O)(=O)C2(C)CC2)NC(=O)[C@@H]2C[C@@H](Oc3nccc4c(OC)cccc34)CN2C(=O)[C@H]1NC(=O)O. The summed E-state index contributed by atoms with van der Waals surface area (Å²) in [4.78, 5) is 60.5. The third kappa shape index (κ3) is 7.22. The van der Waals surface area contributed by atoms with Crippen LogP contribution in [0.2, 0.25) is 0 Å². The summed E-state index contributed by atoms with van der Waals surface area (Å²) < 4.78 is 39.3. The fraction of sp³-hybridized carbons (Fsp3) is 0.583. The highest BCUT2D eigenvalue weighted by Crippen LogP contribution is 2.47. The monoisotopic (exact) mass is 725 g/mol. The zero-order valence-electron chi connectivity index (χ0n) is 29.4. The highest BCUT2D eigenvalue weighted by atomic mass is 32.2. The molecule has 4 N–H and O–H groups in total. The summed E-state index contributed by atoms with van der Waals surface area (Å²) in [6, 6.07) is 4.93. The van der Waals surface area contributed by atoms with Crippen LogP contribution in [0, 0.1) is 17.8 Å². The molecule has 14 nitrogen and oxygen atoms in total. The molecular weight excluding hydrogens is 678 g/mol. The summed E-state index contributed by atoms with van der Waals surface area (Å²) in [5.74, 6) is -1.84. The van der Waals surface area contributed by atoms with Crippen LogP contribution in [0.5, 0.6) is 11.6 Å². The average molecular weight is 726 g/mol. The van der Waals surface area contributed by atoms with E-state index < -0.39 is 68.2 Å². The summed E-state index contributed by atoms with van der Waals surface area (Å²) in [6.07, 6.45) is 6.83. The molecule has 1 saturated heterocycles. The molecule has 0 radical (unpaired) electrons. The Kier molecular flexibility index (Phi) is 9.96. The lowest BCUT2D eigenvalue weighted by Crippen LogP contribution is -2.59. The summed E-state index contributed by atoms with van der Waals surface area (Å²) in [5.41, 5.74) is -1.54. The molecule has 2 saturated carbocycles. The minimum Gasteiger partial charge on any atom is -0.496 e. The number of sulfonamides is 1. The number of aromatic nitrogens is 1. The number of carbonyl (C=O) groups is 4. The number of benzene rings is 1. The molecule has 4 amide bonds. The number of hydrogen-bond acceptors (Lipinski definition) is 9. The van der Waals surface area contributed by atoms with E-state index in [0.29, 0.717) is 43.2 Å². The van der Waals surface area contributed by atoms with Crippen molar-refractivity contribution in [2.75, 3.05) is 13.7 Å². The van der Waals surface area contributed by atoms with Gasteiger partial charge in [0.15, 0.2) is 0 Å². The van der Waals surface area contributed by atoms with Crippen molar-refractivity contribution in [3.8, 4) is 11.6 Å². The minimum absolute atomic E-state index is 0.0150. The van der Waals surface area contributed by atoms with E-state index in [4.69, 9.17) is 9.47 Å². The largest absolute Gasteiger partial charge is 0.496 e. The number of hydrogen-bond donors (Lipinski definition) is 4. The first kappa shape index (κ1) is 36.4. The number of carbonyl (C=O) groups excluding carboxylic acids is 3. The van der Waals surface area contributed by atoms with Crippen LogP contribution in [0.3, 0.4) is 0 Å². The molecule has 7 atom stereocenters. The van der Waals surface area contributed by atoms with Crippen molar-refractivity contribution in [2.45, 2.75) is 101 Å². The fourth-order valence-electron chi connectivity index (χ4n) is 7.53. The smallest absolute Gasteiger partial charge is 0.405 e. The van der Waals surface area contributed by atoms with Gasteiger partial charge in [0.05, 0.1) is 18.4 Å². The van der Waals surface area contributed by atoms with Gasteiger partial charge in [-0.1, -0.05) is 38.5 Å². The topological polar surface area (TPSA) is 193 Å². The highest BCUT2D eigenvalue weighted by molar-refractivity contribution is 7.91. The molecule has 51 heavy (non-hydrogen) atoms. The van der Waals surface area contributed by atoms with Crippen LogP contribution in [0.25, 0.3) is 10.8 Å². The van der Waals surface area contributed by atoms with Crippen molar-refractivity contribution in [3.63, 3.8) is 0 Å². The quantitative estimate of drug-likeness (QED) is 0.293. The van der Waals surface area contributed by atoms with Gasteiger partial charge >= 0.3 is 6.09 Å². The Morgan fingerprint density at radius 3 is 2.61 bits per heavy atom. The van der Waals surface area contributed by atoms with Gasteiger partial charge < -0.3 is 30.1 Å². The van der Waals surface area contributed by atoms with Crippen LogP contribution in [0.1, 0.15) is 72.1 Å². The van der Waals surface area contributed by atoms with E-state index in [-0.39, 0.29) is 37.1 Å². The van der Waals surface area contributed by atoms with Gasteiger partial charge in [-0.25, -0.2) is 18.2 Å². The predicted octanol–water partition coefficient (Wildman–Crippen LogP) is 3.50. The molecule has 2 unspecified atom stereocenters. The van der Waals surface area contributed by atoms with Gasteiger partial charge in [-0.15, -0.1) is 0 Å². The summed E-state index contributed by atoms with van der Waals surface area (Å²) >= 11 is 0. The van der Waals surface area contributed by atoms with Gasteiger partial charge in [-0.05, 0) is 75.5 Å². The minimum atomic E-state index is -4.00. The molecule has 0 spiro atoms. The number of allylic oxidation sites excluding steroid dienone is 1. The molecular formula is C36H47N5O9S. The Morgan fingerprint density at radius 1 is 1.16 bits per heavy atom. The molecule has 1 aromatic carbocycles. The van der Waals surface area contributed by atoms with E-state index in [9.17, 15) is 32.7 Å². The molecule has 15 heteroatoms. The Hall–Kier alpha value is -4.40. The standard InChI is InChI=1S/C36H47N5O9S/c1-5-22-17-21(2)9-6-7-10-23-19-36(23,33(44)40-51(47,48)35(3)14-15-35)39-30(42)27-18-24(20-41(27)32(43)29(22)38-34(45)46)50-31-26-11-8-12-28(49-4)25(26)13-16-37-31/h7-8,10-13,16,21-24,27,29,38H,5-6,9,14-15,17-20H2,1-4H3,(H,39,42)(H,40,44)(H,45,46)/b10-7-/t21-,22-,23?,24-,27+,29+,36?/m1/s1. The van der Waals surface area contributed by atoms with E-state index in [2.05, 4.69) is 27.3 Å². The third-order valence-electron chi connectivity index (χ3n) is 11.1. The van der Waals surface area contributed by atoms with E-state index in [1.54, 1.807) is 32.4 Å².